The van der Waals surface area contributed by atoms with Crippen molar-refractivity contribution in [3.8, 4) is 0 Å². The number of carbonyl (C=O) groups excluding carboxylic acids is 1. The zero-order chi connectivity index (χ0) is 17.7. The van der Waals surface area contributed by atoms with E-state index < -0.39 is 5.60 Å². The van der Waals surface area contributed by atoms with E-state index in [0.717, 1.165) is 32.2 Å². The smallest absolute Gasteiger partial charge is 0.410 e. The van der Waals surface area contributed by atoms with Crippen LogP contribution in [0.25, 0.3) is 0 Å². The number of nitrogens with one attached hydrogen (secondary N) is 1. The monoisotopic (exact) mass is 340 g/mol. The summed E-state index contributed by atoms with van der Waals surface area (Å²) in [5.74, 6) is 0. The Morgan fingerprint density at radius 2 is 1.96 bits per heavy atom. The lowest BCUT2D eigenvalue weighted by atomic mass is 9.96. The van der Waals surface area contributed by atoms with E-state index in [2.05, 4.69) is 12.2 Å². The van der Waals surface area contributed by atoms with E-state index in [0.29, 0.717) is 18.2 Å². The molecule has 1 aliphatic heterocycles. The number of ether oxygens (including phenoxy) is 2. The molecular formula is C19H36N2O3. The van der Waals surface area contributed by atoms with Gasteiger partial charge >= 0.3 is 6.09 Å². The third-order valence-corrected chi connectivity index (χ3v) is 5.13. The minimum absolute atomic E-state index is 0.157. The number of hydrogen-bond acceptors (Lipinski definition) is 4. The predicted molar refractivity (Wildman–Crippen MR) is 96.2 cm³/mol. The number of likely N-dealkylation sites (tertiary alicyclic amines) is 1. The van der Waals surface area contributed by atoms with Gasteiger partial charge in [0.05, 0.1) is 6.10 Å². The molecule has 0 aromatic carbocycles. The highest BCUT2D eigenvalue weighted by Crippen LogP contribution is 2.26. The van der Waals surface area contributed by atoms with Crippen LogP contribution in [0.3, 0.4) is 0 Å². The Hall–Kier alpha value is -0.810. The first-order chi connectivity index (χ1) is 11.3. The molecule has 1 N–H and O–H groups in total. The highest BCUT2D eigenvalue weighted by atomic mass is 16.6. The quantitative estimate of drug-likeness (QED) is 0.829. The van der Waals surface area contributed by atoms with E-state index in [4.69, 9.17) is 9.47 Å². The molecule has 1 heterocycles. The first kappa shape index (κ1) is 19.5. The molecule has 0 bridgehead atoms. The van der Waals surface area contributed by atoms with Gasteiger partial charge in [0.2, 0.25) is 0 Å². The van der Waals surface area contributed by atoms with Crippen molar-refractivity contribution in [2.75, 3.05) is 13.7 Å². The zero-order valence-corrected chi connectivity index (χ0v) is 16.1. The molecule has 4 atom stereocenters. The Kier molecular flexibility index (Phi) is 6.93. The number of piperidine rings is 1. The molecule has 4 unspecified atom stereocenters. The van der Waals surface area contributed by atoms with Crippen molar-refractivity contribution in [1.82, 2.24) is 10.2 Å². The third-order valence-electron chi connectivity index (χ3n) is 5.13. The van der Waals surface area contributed by atoms with Gasteiger partial charge in [-0.2, -0.15) is 0 Å². The van der Waals surface area contributed by atoms with Crippen LogP contribution in [0, 0.1) is 0 Å². The summed E-state index contributed by atoms with van der Waals surface area (Å²) in [7, 11) is 1.81. The van der Waals surface area contributed by atoms with E-state index in [1.807, 2.05) is 25.7 Å². The van der Waals surface area contributed by atoms with Gasteiger partial charge in [-0.3, -0.25) is 0 Å². The number of rotatable bonds is 5. The Morgan fingerprint density at radius 1 is 1.21 bits per heavy atom. The van der Waals surface area contributed by atoms with E-state index in [9.17, 15) is 4.79 Å². The topological polar surface area (TPSA) is 50.8 Å². The average Bonchev–Trinajstić information content (AvgIpc) is 2.93. The maximum absolute atomic E-state index is 12.5. The molecule has 1 amide bonds. The van der Waals surface area contributed by atoms with Crippen LogP contribution in [0.15, 0.2) is 0 Å². The second kappa shape index (κ2) is 8.52. The minimum atomic E-state index is -0.432. The van der Waals surface area contributed by atoms with Crippen LogP contribution in [0.4, 0.5) is 4.79 Å². The summed E-state index contributed by atoms with van der Waals surface area (Å²) in [5.41, 5.74) is -0.432. The van der Waals surface area contributed by atoms with Crippen molar-refractivity contribution in [2.45, 2.75) is 102 Å². The van der Waals surface area contributed by atoms with Gasteiger partial charge in [-0.25, -0.2) is 4.79 Å². The van der Waals surface area contributed by atoms with E-state index in [1.165, 1.54) is 19.3 Å². The van der Waals surface area contributed by atoms with Crippen LogP contribution in [-0.4, -0.2) is 54.5 Å². The standard InChI is InChI=1S/C19H36N2O3/c1-14(20-16-10-8-11-17(16)23-5)13-15-9-6-7-12-21(15)18(22)24-19(2,3)4/h14-17,20H,6-13H2,1-5H3. The van der Waals surface area contributed by atoms with Crippen molar-refractivity contribution in [2.24, 2.45) is 0 Å². The fraction of sp³-hybridized carbons (Fsp3) is 0.947. The average molecular weight is 341 g/mol. The fourth-order valence-corrected chi connectivity index (χ4v) is 4.05. The zero-order valence-electron chi connectivity index (χ0n) is 16.1. The molecule has 140 valence electrons. The predicted octanol–water partition coefficient (Wildman–Crippen LogP) is 3.71. The van der Waals surface area contributed by atoms with Gasteiger partial charge in [-0.1, -0.05) is 0 Å². The summed E-state index contributed by atoms with van der Waals surface area (Å²) in [6, 6.07) is 1.10. The van der Waals surface area contributed by atoms with Crippen LogP contribution in [0.1, 0.15) is 72.6 Å². The molecule has 1 saturated carbocycles. The number of hydrogen-bond donors (Lipinski definition) is 1. The Morgan fingerprint density at radius 3 is 2.62 bits per heavy atom. The molecule has 0 spiro atoms. The highest BCUT2D eigenvalue weighted by molar-refractivity contribution is 5.68. The van der Waals surface area contributed by atoms with Gasteiger partial charge in [0.25, 0.3) is 0 Å². The molecule has 1 aliphatic carbocycles. The summed E-state index contributed by atoms with van der Waals surface area (Å²) in [6.45, 7) is 8.83. The van der Waals surface area contributed by atoms with Gasteiger partial charge < -0.3 is 19.7 Å². The van der Waals surface area contributed by atoms with Gasteiger partial charge in [-0.15, -0.1) is 0 Å². The van der Waals surface area contributed by atoms with Crippen LogP contribution < -0.4 is 5.32 Å². The van der Waals surface area contributed by atoms with Crippen molar-refractivity contribution >= 4 is 6.09 Å². The SMILES string of the molecule is COC1CCCC1NC(C)CC1CCCCN1C(=O)OC(C)(C)C. The third kappa shape index (κ3) is 5.62. The number of nitrogens with zero attached hydrogens (tertiary/aromatic N) is 1. The molecule has 5 heteroatoms. The molecule has 1 saturated heterocycles. The molecule has 2 fully saturated rings. The second-order valence-corrected chi connectivity index (χ2v) is 8.44. The lowest BCUT2D eigenvalue weighted by Gasteiger charge is -2.38. The number of methoxy groups -OCH3 is 1. The summed E-state index contributed by atoms with van der Waals surface area (Å²) < 4.78 is 11.2. The Bertz CT molecular complexity index is 408. The maximum Gasteiger partial charge on any atom is 0.410 e. The van der Waals surface area contributed by atoms with Gasteiger partial charge in [-0.05, 0) is 72.6 Å². The Labute approximate surface area is 147 Å². The first-order valence-corrected chi connectivity index (χ1v) is 9.58. The molecule has 2 rings (SSSR count). The van der Waals surface area contributed by atoms with E-state index in [1.54, 1.807) is 7.11 Å². The van der Waals surface area contributed by atoms with Crippen LogP contribution in [-0.2, 0) is 9.47 Å². The molecule has 24 heavy (non-hydrogen) atoms. The van der Waals surface area contributed by atoms with Crippen molar-refractivity contribution in [1.29, 1.82) is 0 Å². The number of amides is 1. The fourth-order valence-electron chi connectivity index (χ4n) is 4.05. The highest BCUT2D eigenvalue weighted by Gasteiger charge is 2.33. The van der Waals surface area contributed by atoms with E-state index in [-0.39, 0.29) is 12.1 Å². The second-order valence-electron chi connectivity index (χ2n) is 8.44. The molecule has 2 aliphatic rings. The lowest BCUT2D eigenvalue weighted by molar-refractivity contribution is 0.00729. The number of carbonyl (C=O) groups is 1. The molecule has 5 nitrogen and oxygen atoms in total. The summed E-state index contributed by atoms with van der Waals surface area (Å²) >= 11 is 0. The molecule has 0 aromatic rings. The lowest BCUT2D eigenvalue weighted by Crippen LogP contribution is -2.50. The van der Waals surface area contributed by atoms with Crippen molar-refractivity contribution < 1.29 is 14.3 Å². The van der Waals surface area contributed by atoms with Crippen LogP contribution >= 0.6 is 0 Å². The largest absolute Gasteiger partial charge is 0.444 e. The van der Waals surface area contributed by atoms with Gasteiger partial charge in [0.15, 0.2) is 0 Å². The molecule has 0 radical (unpaired) electrons. The summed E-state index contributed by atoms with van der Waals surface area (Å²) in [4.78, 5) is 14.5. The van der Waals surface area contributed by atoms with Gasteiger partial charge in [0.1, 0.15) is 5.60 Å². The normalized spacial score (nSPS) is 29.5. The first-order valence-electron chi connectivity index (χ1n) is 9.58. The van der Waals surface area contributed by atoms with E-state index >= 15 is 0 Å². The molecule has 0 aromatic heterocycles. The summed E-state index contributed by atoms with van der Waals surface area (Å²) in [5, 5.41) is 3.73. The van der Waals surface area contributed by atoms with Crippen LogP contribution in [0.2, 0.25) is 0 Å². The van der Waals surface area contributed by atoms with Crippen LogP contribution in [0.5, 0.6) is 0 Å². The molecular weight excluding hydrogens is 304 g/mol. The Balaban J connectivity index is 1.89. The minimum Gasteiger partial charge on any atom is -0.444 e. The van der Waals surface area contributed by atoms with Crippen molar-refractivity contribution in [3.63, 3.8) is 0 Å². The summed E-state index contributed by atoms with van der Waals surface area (Å²) in [6.07, 6.45) is 8.06. The maximum atomic E-state index is 12.5. The van der Waals surface area contributed by atoms with Crippen molar-refractivity contribution in [3.05, 3.63) is 0 Å². The van der Waals surface area contributed by atoms with Gasteiger partial charge in [0, 0.05) is 31.8 Å².